The van der Waals surface area contributed by atoms with E-state index in [4.69, 9.17) is 0 Å². The molecular weight excluding hydrogens is 301 g/mol. The van der Waals surface area contributed by atoms with Gasteiger partial charge in [0.1, 0.15) is 0 Å². The average molecular weight is 335 g/mol. The van der Waals surface area contributed by atoms with E-state index >= 15 is 0 Å². The molecule has 1 fully saturated rings. The number of amides is 1. The Bertz CT molecular complexity index is 408. The van der Waals surface area contributed by atoms with Crippen LogP contribution in [0, 0.1) is 23.1 Å². The molecule has 1 aliphatic carbocycles. The van der Waals surface area contributed by atoms with E-state index < -0.39 is 0 Å². The van der Waals surface area contributed by atoms with Gasteiger partial charge in [0.2, 0.25) is 5.91 Å². The van der Waals surface area contributed by atoms with Crippen molar-refractivity contribution in [1.29, 1.82) is 5.26 Å². The van der Waals surface area contributed by atoms with Crippen molar-refractivity contribution in [2.24, 2.45) is 11.8 Å². The Morgan fingerprint density at radius 1 is 1.33 bits per heavy atom. The first-order valence-electron chi connectivity index (χ1n) is 9.46. The zero-order valence-electron chi connectivity index (χ0n) is 15.6. The van der Waals surface area contributed by atoms with Crippen LogP contribution in [0.25, 0.3) is 0 Å². The lowest BCUT2D eigenvalue weighted by molar-refractivity contribution is -0.121. The van der Waals surface area contributed by atoms with Crippen LogP contribution in [0.2, 0.25) is 12.1 Å². The fourth-order valence-corrected chi connectivity index (χ4v) is 3.28. The van der Waals surface area contributed by atoms with E-state index in [0.29, 0.717) is 18.4 Å². The summed E-state index contributed by atoms with van der Waals surface area (Å²) in [6.07, 6.45) is 7.04. The highest BCUT2D eigenvalue weighted by atomic mass is 16.3. The van der Waals surface area contributed by atoms with Gasteiger partial charge in [-0.15, -0.1) is 0 Å². The lowest BCUT2D eigenvalue weighted by Crippen LogP contribution is -2.40. The number of carbonyl (C=O) groups is 1. The Hall–Kier alpha value is -1.06. The predicted molar refractivity (Wildman–Crippen MR) is 98.9 cm³/mol. The van der Waals surface area contributed by atoms with Gasteiger partial charge in [-0.25, -0.2) is 5.26 Å². The maximum absolute atomic E-state index is 11.8. The fourth-order valence-electron chi connectivity index (χ4n) is 3.28. The number of nitrogens with zero attached hydrogens (tertiary/aromatic N) is 1. The number of aliphatic hydroxyl groups excluding tert-OH is 1. The van der Waals surface area contributed by atoms with Crippen molar-refractivity contribution in [2.75, 3.05) is 20.2 Å². The molecule has 1 saturated carbocycles. The maximum atomic E-state index is 11.8. The summed E-state index contributed by atoms with van der Waals surface area (Å²) in [5.41, 5.74) is 0. The van der Waals surface area contributed by atoms with Gasteiger partial charge in [-0.05, 0) is 44.0 Å². The number of rotatable bonds is 13. The summed E-state index contributed by atoms with van der Waals surface area (Å²) < 4.78 is 0. The summed E-state index contributed by atoms with van der Waals surface area (Å²) >= 11 is 0. The summed E-state index contributed by atoms with van der Waals surface area (Å²) in [6.45, 7) is 4.70. The van der Waals surface area contributed by atoms with Gasteiger partial charge >= 0.3 is 0 Å². The Kier molecular flexibility index (Phi) is 10.0. The van der Waals surface area contributed by atoms with Crippen LogP contribution in [-0.4, -0.2) is 44.0 Å². The molecule has 0 bridgehead atoms. The third-order valence-corrected chi connectivity index (χ3v) is 4.99. The van der Waals surface area contributed by atoms with Crippen LogP contribution in [0.1, 0.15) is 52.4 Å². The highest BCUT2D eigenvalue weighted by molar-refractivity contribution is 6.68. The van der Waals surface area contributed by atoms with Crippen molar-refractivity contribution in [3.8, 4) is 5.97 Å². The summed E-state index contributed by atoms with van der Waals surface area (Å²) in [6, 6.07) is 0.251. The van der Waals surface area contributed by atoms with E-state index in [1.165, 1.54) is 12.8 Å². The topological polar surface area (TPSA) is 85.2 Å². The second kappa shape index (κ2) is 11.5. The van der Waals surface area contributed by atoms with Crippen LogP contribution < -0.4 is 10.6 Å². The summed E-state index contributed by atoms with van der Waals surface area (Å²) in [4.78, 5) is 11.8. The van der Waals surface area contributed by atoms with Crippen molar-refractivity contribution in [3.63, 3.8) is 0 Å². The van der Waals surface area contributed by atoms with Crippen molar-refractivity contribution >= 4 is 12.6 Å². The molecule has 5 nitrogen and oxygen atoms in total. The van der Waals surface area contributed by atoms with E-state index in [2.05, 4.69) is 30.4 Å². The molecule has 2 unspecified atom stereocenters. The highest BCUT2D eigenvalue weighted by Gasteiger charge is 2.32. The van der Waals surface area contributed by atoms with E-state index in [1.807, 2.05) is 0 Å². The summed E-state index contributed by atoms with van der Waals surface area (Å²) in [5.74, 6) is 3.71. The van der Waals surface area contributed by atoms with Gasteiger partial charge in [0.15, 0.2) is 0 Å². The molecule has 0 heterocycles. The molecule has 1 aliphatic rings. The van der Waals surface area contributed by atoms with Crippen molar-refractivity contribution in [2.45, 2.75) is 70.6 Å². The van der Waals surface area contributed by atoms with Gasteiger partial charge in [0.05, 0.1) is 6.54 Å². The number of aliphatic hydroxyl groups is 1. The number of likely N-dealkylation sites (N-methyl/N-ethyl adjacent to an activating group) is 1. The minimum atomic E-state index is -0.0596. The first-order chi connectivity index (χ1) is 11.5. The summed E-state index contributed by atoms with van der Waals surface area (Å²) in [5, 5.41) is 25.1. The molecule has 6 heteroatoms. The summed E-state index contributed by atoms with van der Waals surface area (Å²) in [7, 11) is 1.77. The molecule has 1 rings (SSSR count). The zero-order valence-corrected chi connectivity index (χ0v) is 15.6. The quantitative estimate of drug-likeness (QED) is 0.451. The standard InChI is InChI=1S/C18H34BN3O2/c1-14(2)9-10-19(13-20)16(12-23)5-4-6-17(15-7-8-15)22-18(24)11-21-3/h14-17,21,23H,4-12H2,1-3H3,(H,22,24). The largest absolute Gasteiger partial charge is 0.397 e. The van der Waals surface area contributed by atoms with Crippen LogP contribution in [0.3, 0.4) is 0 Å². The molecule has 136 valence electrons. The number of nitriles is 1. The number of hydrogen-bond acceptors (Lipinski definition) is 4. The van der Waals surface area contributed by atoms with Gasteiger partial charge < -0.3 is 15.7 Å². The van der Waals surface area contributed by atoms with E-state index in [0.717, 1.165) is 32.0 Å². The van der Waals surface area contributed by atoms with Crippen molar-refractivity contribution in [3.05, 3.63) is 0 Å². The van der Waals surface area contributed by atoms with E-state index in [9.17, 15) is 15.2 Å². The lowest BCUT2D eigenvalue weighted by atomic mass is 9.39. The highest BCUT2D eigenvalue weighted by Crippen LogP contribution is 2.35. The second-order valence-corrected chi connectivity index (χ2v) is 7.62. The molecule has 0 aromatic rings. The maximum Gasteiger partial charge on any atom is 0.273 e. The van der Waals surface area contributed by atoms with Crippen LogP contribution in [0.15, 0.2) is 0 Å². The van der Waals surface area contributed by atoms with Gasteiger partial charge in [-0.3, -0.25) is 4.79 Å². The molecule has 0 spiro atoms. The molecule has 0 saturated heterocycles. The Morgan fingerprint density at radius 3 is 2.54 bits per heavy atom. The van der Waals surface area contributed by atoms with Crippen LogP contribution in [0.4, 0.5) is 0 Å². The second-order valence-electron chi connectivity index (χ2n) is 7.62. The van der Waals surface area contributed by atoms with E-state index in [-0.39, 0.29) is 31.1 Å². The molecule has 1 amide bonds. The predicted octanol–water partition coefficient (Wildman–Crippen LogP) is 2.24. The normalized spacial score (nSPS) is 16.5. The molecular formula is C18H34BN3O2. The number of nitrogens with one attached hydrogen (secondary N) is 2. The first kappa shape index (κ1) is 21.0. The monoisotopic (exact) mass is 335 g/mol. The van der Waals surface area contributed by atoms with Crippen molar-refractivity contribution in [1.82, 2.24) is 10.6 Å². The van der Waals surface area contributed by atoms with Crippen LogP contribution in [0.5, 0.6) is 0 Å². The minimum absolute atomic E-state index is 0.0555. The Balaban J connectivity index is 2.40. The molecule has 2 atom stereocenters. The van der Waals surface area contributed by atoms with Crippen molar-refractivity contribution < 1.29 is 9.90 Å². The Labute approximate surface area is 147 Å². The number of hydrogen-bond donors (Lipinski definition) is 3. The lowest BCUT2D eigenvalue weighted by Gasteiger charge is -2.21. The average Bonchev–Trinajstić information content (AvgIpc) is 3.37. The van der Waals surface area contributed by atoms with Gasteiger partial charge in [0.25, 0.3) is 6.71 Å². The SMILES string of the molecule is CNCC(=O)NC(CCCC(CO)B(C#N)CCC(C)C)C1CC1. The molecule has 0 radical (unpaired) electrons. The third-order valence-electron chi connectivity index (χ3n) is 4.99. The fraction of sp³-hybridized carbons (Fsp3) is 0.889. The van der Waals surface area contributed by atoms with E-state index in [1.54, 1.807) is 7.05 Å². The zero-order chi connectivity index (χ0) is 17.9. The first-order valence-corrected chi connectivity index (χ1v) is 9.46. The van der Waals surface area contributed by atoms with Crippen LogP contribution >= 0.6 is 0 Å². The molecule has 24 heavy (non-hydrogen) atoms. The molecule has 0 aromatic heterocycles. The van der Waals surface area contributed by atoms with Crippen LogP contribution in [-0.2, 0) is 4.79 Å². The molecule has 0 aliphatic heterocycles. The molecule has 0 aromatic carbocycles. The Morgan fingerprint density at radius 2 is 2.04 bits per heavy atom. The van der Waals surface area contributed by atoms with Gasteiger partial charge in [-0.2, -0.15) is 0 Å². The minimum Gasteiger partial charge on any atom is -0.397 e. The smallest absolute Gasteiger partial charge is 0.273 e. The third kappa shape index (κ3) is 8.16. The van der Waals surface area contributed by atoms with Gasteiger partial charge in [-0.1, -0.05) is 39.4 Å². The van der Waals surface area contributed by atoms with Gasteiger partial charge in [0, 0.05) is 18.6 Å². The molecule has 3 N–H and O–H groups in total. The number of carbonyl (C=O) groups excluding carboxylic acids is 1.